The van der Waals surface area contributed by atoms with Crippen LogP contribution in [0.3, 0.4) is 0 Å². The number of methoxy groups -OCH3 is 2. The maximum absolute atomic E-state index is 12.6. The molecule has 0 fully saturated rings. The molecule has 3 aromatic rings. The van der Waals surface area contributed by atoms with Gasteiger partial charge in [0, 0.05) is 0 Å². The molecule has 0 aliphatic heterocycles. The Hall–Kier alpha value is -2.85. The van der Waals surface area contributed by atoms with Crippen LogP contribution in [0.25, 0.3) is 0 Å². The van der Waals surface area contributed by atoms with Crippen molar-refractivity contribution in [1.29, 1.82) is 0 Å². The topological polar surface area (TPSA) is 99.6 Å². The number of ether oxygens (including phenoxy) is 3. The summed E-state index contributed by atoms with van der Waals surface area (Å²) in [6.07, 6.45) is 1.38. The highest BCUT2D eigenvalue weighted by atomic mass is 79.9. The fourth-order valence-corrected chi connectivity index (χ4v) is 3.72. The van der Waals surface area contributed by atoms with Crippen LogP contribution in [0.2, 0.25) is 0 Å². The molecule has 0 aliphatic rings. The molecule has 29 heavy (non-hydrogen) atoms. The first-order valence-electron chi connectivity index (χ1n) is 8.37. The second-order valence-electron chi connectivity index (χ2n) is 5.74. The smallest absolute Gasteiger partial charge is 0.263 e. The SMILES string of the molecule is COc1ccc(COc2nc(Br)cnc2NS(=O)(=O)c2ccccc2)cc1OC. The quantitative estimate of drug-likeness (QED) is 0.526. The normalized spacial score (nSPS) is 11.0. The lowest BCUT2D eigenvalue weighted by atomic mass is 10.2. The van der Waals surface area contributed by atoms with E-state index < -0.39 is 10.0 Å². The molecule has 0 bridgehead atoms. The Morgan fingerprint density at radius 2 is 1.76 bits per heavy atom. The number of benzene rings is 2. The van der Waals surface area contributed by atoms with E-state index in [9.17, 15) is 8.42 Å². The van der Waals surface area contributed by atoms with Crippen LogP contribution in [0.5, 0.6) is 17.4 Å². The average Bonchev–Trinajstić information content (AvgIpc) is 2.74. The van der Waals surface area contributed by atoms with E-state index in [1.807, 2.05) is 0 Å². The van der Waals surface area contributed by atoms with Gasteiger partial charge >= 0.3 is 0 Å². The van der Waals surface area contributed by atoms with Crippen molar-refractivity contribution in [2.75, 3.05) is 18.9 Å². The zero-order valence-corrected chi connectivity index (χ0v) is 18.0. The molecule has 0 unspecified atom stereocenters. The third-order valence-electron chi connectivity index (χ3n) is 3.82. The minimum absolute atomic E-state index is 0.0162. The van der Waals surface area contributed by atoms with Crippen molar-refractivity contribution in [3.8, 4) is 17.4 Å². The lowest BCUT2D eigenvalue weighted by Crippen LogP contribution is -2.15. The van der Waals surface area contributed by atoms with Crippen LogP contribution < -0.4 is 18.9 Å². The first-order valence-corrected chi connectivity index (χ1v) is 10.6. The lowest BCUT2D eigenvalue weighted by Gasteiger charge is -2.13. The Labute approximate surface area is 177 Å². The van der Waals surface area contributed by atoms with Gasteiger partial charge in [-0.2, -0.15) is 0 Å². The number of nitrogens with zero attached hydrogens (tertiary/aromatic N) is 2. The maximum Gasteiger partial charge on any atom is 0.263 e. The third-order valence-corrected chi connectivity index (χ3v) is 5.56. The van der Waals surface area contributed by atoms with Gasteiger partial charge in [0.25, 0.3) is 15.9 Å². The molecule has 1 heterocycles. The summed E-state index contributed by atoms with van der Waals surface area (Å²) in [6.45, 7) is 0.117. The fourth-order valence-electron chi connectivity index (χ4n) is 2.43. The predicted molar refractivity (Wildman–Crippen MR) is 111 cm³/mol. The van der Waals surface area contributed by atoms with Crippen molar-refractivity contribution in [2.24, 2.45) is 0 Å². The number of hydrogen-bond donors (Lipinski definition) is 1. The first kappa shape index (κ1) is 20.9. The molecule has 1 aromatic heterocycles. The van der Waals surface area contributed by atoms with E-state index in [1.165, 1.54) is 18.3 Å². The van der Waals surface area contributed by atoms with Crippen LogP contribution in [-0.2, 0) is 16.6 Å². The van der Waals surface area contributed by atoms with Crippen molar-refractivity contribution < 1.29 is 22.6 Å². The van der Waals surface area contributed by atoms with Gasteiger partial charge in [-0.05, 0) is 45.8 Å². The molecule has 8 nitrogen and oxygen atoms in total. The Morgan fingerprint density at radius 3 is 2.45 bits per heavy atom. The minimum atomic E-state index is -3.84. The highest BCUT2D eigenvalue weighted by Crippen LogP contribution is 2.29. The summed E-state index contributed by atoms with van der Waals surface area (Å²) in [5.74, 6) is 1.17. The molecular formula is C19H18BrN3O5S. The van der Waals surface area contributed by atoms with Crippen LogP contribution in [0.15, 0.2) is 64.2 Å². The van der Waals surface area contributed by atoms with E-state index in [0.717, 1.165) is 5.56 Å². The van der Waals surface area contributed by atoms with Gasteiger partial charge in [0.2, 0.25) is 5.82 Å². The predicted octanol–water partition coefficient (Wildman–Crippen LogP) is 3.64. The summed E-state index contributed by atoms with van der Waals surface area (Å²) in [5, 5.41) is 0. The Morgan fingerprint density at radius 1 is 1.03 bits per heavy atom. The Balaban J connectivity index is 1.83. The Kier molecular flexibility index (Phi) is 6.55. The molecule has 0 amide bonds. The van der Waals surface area contributed by atoms with Gasteiger partial charge in [-0.3, -0.25) is 4.72 Å². The standard InChI is InChI=1S/C19H18BrN3O5S/c1-26-15-9-8-13(10-16(15)27-2)12-28-19-18(21-11-17(20)22-19)23-29(24,25)14-6-4-3-5-7-14/h3-11H,12H2,1-2H3,(H,21,23). The molecule has 0 saturated carbocycles. The van der Waals surface area contributed by atoms with Crippen LogP contribution in [0, 0.1) is 0 Å². The van der Waals surface area contributed by atoms with Crippen molar-refractivity contribution in [3.05, 3.63) is 64.9 Å². The van der Waals surface area contributed by atoms with Gasteiger partial charge in [0.05, 0.1) is 25.3 Å². The molecule has 10 heteroatoms. The van der Waals surface area contributed by atoms with Gasteiger partial charge in [-0.1, -0.05) is 24.3 Å². The molecule has 1 N–H and O–H groups in total. The largest absolute Gasteiger partial charge is 0.493 e. The van der Waals surface area contributed by atoms with E-state index in [1.54, 1.807) is 50.6 Å². The Bertz CT molecular complexity index is 1090. The number of rotatable bonds is 8. The fraction of sp³-hybridized carbons (Fsp3) is 0.158. The van der Waals surface area contributed by atoms with Crippen LogP contribution in [-0.4, -0.2) is 32.6 Å². The van der Waals surface area contributed by atoms with Gasteiger partial charge in [0.15, 0.2) is 11.5 Å². The molecule has 3 rings (SSSR count). The maximum atomic E-state index is 12.6. The highest BCUT2D eigenvalue weighted by molar-refractivity contribution is 9.10. The summed E-state index contributed by atoms with van der Waals surface area (Å²) < 4.78 is 44.2. The second-order valence-corrected chi connectivity index (χ2v) is 8.24. The van der Waals surface area contributed by atoms with Crippen molar-refractivity contribution >= 4 is 31.8 Å². The third kappa shape index (κ3) is 5.15. The number of sulfonamides is 1. The van der Waals surface area contributed by atoms with Crippen molar-refractivity contribution in [2.45, 2.75) is 11.5 Å². The number of halogens is 1. The molecule has 0 atom stereocenters. The summed E-state index contributed by atoms with van der Waals surface area (Å²) >= 11 is 3.22. The van der Waals surface area contributed by atoms with Gasteiger partial charge in [0.1, 0.15) is 11.2 Å². The van der Waals surface area contributed by atoms with E-state index in [0.29, 0.717) is 16.1 Å². The summed E-state index contributed by atoms with van der Waals surface area (Å²) in [4.78, 5) is 8.39. The van der Waals surface area contributed by atoms with Crippen LogP contribution in [0.4, 0.5) is 5.82 Å². The van der Waals surface area contributed by atoms with E-state index in [2.05, 4.69) is 30.6 Å². The monoisotopic (exact) mass is 479 g/mol. The zero-order valence-electron chi connectivity index (χ0n) is 15.6. The van der Waals surface area contributed by atoms with Crippen molar-refractivity contribution in [3.63, 3.8) is 0 Å². The van der Waals surface area contributed by atoms with E-state index in [-0.39, 0.29) is 23.2 Å². The number of hydrogen-bond acceptors (Lipinski definition) is 7. The number of anilines is 1. The molecular weight excluding hydrogens is 462 g/mol. The molecule has 0 aliphatic carbocycles. The summed E-state index contributed by atoms with van der Waals surface area (Å²) in [5.41, 5.74) is 0.779. The van der Waals surface area contributed by atoms with Crippen LogP contribution in [0.1, 0.15) is 5.56 Å². The molecule has 0 spiro atoms. The van der Waals surface area contributed by atoms with E-state index in [4.69, 9.17) is 14.2 Å². The average molecular weight is 480 g/mol. The van der Waals surface area contributed by atoms with Crippen LogP contribution >= 0.6 is 15.9 Å². The van der Waals surface area contributed by atoms with Gasteiger partial charge < -0.3 is 14.2 Å². The van der Waals surface area contributed by atoms with Crippen molar-refractivity contribution in [1.82, 2.24) is 9.97 Å². The molecule has 0 saturated heterocycles. The summed E-state index contributed by atoms with van der Waals surface area (Å²) in [7, 11) is -0.743. The molecule has 152 valence electrons. The van der Waals surface area contributed by atoms with Gasteiger partial charge in [-0.15, -0.1) is 0 Å². The van der Waals surface area contributed by atoms with Gasteiger partial charge in [-0.25, -0.2) is 18.4 Å². The number of aromatic nitrogens is 2. The minimum Gasteiger partial charge on any atom is -0.493 e. The summed E-state index contributed by atoms with van der Waals surface area (Å²) in [6, 6.07) is 13.3. The lowest BCUT2D eigenvalue weighted by molar-refractivity contribution is 0.292. The zero-order chi connectivity index (χ0) is 20.9. The second kappa shape index (κ2) is 9.10. The number of nitrogens with one attached hydrogen (secondary N) is 1. The highest BCUT2D eigenvalue weighted by Gasteiger charge is 2.19. The molecule has 2 aromatic carbocycles. The van der Waals surface area contributed by atoms with E-state index >= 15 is 0 Å². The molecule has 0 radical (unpaired) electrons. The first-order chi connectivity index (χ1) is 13.9.